The summed E-state index contributed by atoms with van der Waals surface area (Å²) in [7, 11) is 1.70. The third kappa shape index (κ3) is 4.40. The molecule has 0 aliphatic rings. The fraction of sp³-hybridized carbons (Fsp3) is 0.533. The van der Waals surface area contributed by atoms with E-state index in [9.17, 15) is 4.79 Å². The lowest BCUT2D eigenvalue weighted by molar-refractivity contribution is -0.141. The van der Waals surface area contributed by atoms with Gasteiger partial charge in [-0.1, -0.05) is 19.1 Å². The van der Waals surface area contributed by atoms with Gasteiger partial charge in [0.2, 0.25) is 0 Å². The van der Waals surface area contributed by atoms with E-state index in [-0.39, 0.29) is 5.97 Å². The maximum atomic E-state index is 10.7. The molecule has 0 amide bonds. The summed E-state index contributed by atoms with van der Waals surface area (Å²) in [6.07, 6.45) is 1.85. The first kappa shape index (κ1) is 14.6. The molecule has 0 bridgehead atoms. The molecule has 1 rings (SSSR count). The van der Waals surface area contributed by atoms with Crippen molar-refractivity contribution in [1.82, 2.24) is 0 Å². The Labute approximate surface area is 109 Å². The summed E-state index contributed by atoms with van der Waals surface area (Å²) in [5, 5.41) is 0. The average Bonchev–Trinajstić information content (AvgIpc) is 2.33. The molecule has 1 unspecified atom stereocenters. The van der Waals surface area contributed by atoms with Crippen LogP contribution in [-0.4, -0.2) is 19.7 Å². The van der Waals surface area contributed by atoms with Crippen LogP contribution in [0.5, 0.6) is 5.75 Å². The summed E-state index contributed by atoms with van der Waals surface area (Å²) in [5.74, 6) is 1.13. The van der Waals surface area contributed by atoms with Gasteiger partial charge in [0.25, 0.3) is 0 Å². The average molecular weight is 250 g/mol. The van der Waals surface area contributed by atoms with E-state index in [1.807, 2.05) is 0 Å². The zero-order valence-corrected chi connectivity index (χ0v) is 11.7. The summed E-state index contributed by atoms with van der Waals surface area (Å²) in [6.45, 7) is 6.15. The standard InChI is InChI=1S/C15H22O3/c1-11-7-8-14(15(10-11)17-4)12(2)6-5-9-18-13(3)16/h7-8,10,12H,5-6,9H2,1-4H3. The minimum absolute atomic E-state index is 0.212. The van der Waals surface area contributed by atoms with E-state index in [1.54, 1.807) is 7.11 Å². The lowest BCUT2D eigenvalue weighted by Gasteiger charge is -2.16. The van der Waals surface area contributed by atoms with E-state index < -0.39 is 0 Å². The van der Waals surface area contributed by atoms with E-state index in [1.165, 1.54) is 18.1 Å². The molecular weight excluding hydrogens is 228 g/mol. The van der Waals surface area contributed by atoms with Gasteiger partial charge in [0.1, 0.15) is 5.75 Å². The molecule has 0 heterocycles. The van der Waals surface area contributed by atoms with E-state index in [2.05, 4.69) is 32.0 Å². The van der Waals surface area contributed by atoms with Crippen LogP contribution in [0.2, 0.25) is 0 Å². The zero-order valence-electron chi connectivity index (χ0n) is 11.7. The maximum absolute atomic E-state index is 10.7. The normalized spacial score (nSPS) is 12.0. The number of rotatable bonds is 6. The molecule has 0 radical (unpaired) electrons. The van der Waals surface area contributed by atoms with Crippen molar-refractivity contribution in [2.75, 3.05) is 13.7 Å². The number of hydrogen-bond acceptors (Lipinski definition) is 3. The van der Waals surface area contributed by atoms with E-state index in [0.29, 0.717) is 12.5 Å². The second-order valence-electron chi connectivity index (χ2n) is 4.63. The van der Waals surface area contributed by atoms with E-state index in [4.69, 9.17) is 9.47 Å². The Bertz CT molecular complexity index is 399. The topological polar surface area (TPSA) is 35.5 Å². The molecule has 0 saturated heterocycles. The largest absolute Gasteiger partial charge is 0.496 e. The zero-order chi connectivity index (χ0) is 13.5. The van der Waals surface area contributed by atoms with Crippen LogP contribution in [0.15, 0.2) is 18.2 Å². The quantitative estimate of drug-likeness (QED) is 0.573. The lowest BCUT2D eigenvalue weighted by atomic mass is 9.94. The molecule has 3 nitrogen and oxygen atoms in total. The summed E-state index contributed by atoms with van der Waals surface area (Å²) in [6, 6.07) is 6.27. The number of carbonyl (C=O) groups excluding carboxylic acids is 1. The van der Waals surface area contributed by atoms with Gasteiger partial charge < -0.3 is 9.47 Å². The van der Waals surface area contributed by atoms with Gasteiger partial charge in [-0.3, -0.25) is 4.79 Å². The maximum Gasteiger partial charge on any atom is 0.302 e. The number of benzene rings is 1. The first-order valence-corrected chi connectivity index (χ1v) is 6.32. The first-order chi connectivity index (χ1) is 8.54. The van der Waals surface area contributed by atoms with E-state index in [0.717, 1.165) is 18.6 Å². The van der Waals surface area contributed by atoms with Crippen molar-refractivity contribution >= 4 is 5.97 Å². The van der Waals surface area contributed by atoms with Crippen molar-refractivity contribution in [3.63, 3.8) is 0 Å². The van der Waals surface area contributed by atoms with Crippen molar-refractivity contribution in [3.8, 4) is 5.75 Å². The molecule has 18 heavy (non-hydrogen) atoms. The first-order valence-electron chi connectivity index (χ1n) is 6.32. The molecule has 1 aromatic rings. The van der Waals surface area contributed by atoms with Crippen LogP contribution in [0, 0.1) is 6.92 Å². The Morgan fingerprint density at radius 3 is 2.72 bits per heavy atom. The molecule has 0 aliphatic heterocycles. The van der Waals surface area contributed by atoms with Crippen LogP contribution in [0.25, 0.3) is 0 Å². The second kappa shape index (κ2) is 7.04. The Hall–Kier alpha value is -1.51. The molecule has 0 aliphatic carbocycles. The second-order valence-corrected chi connectivity index (χ2v) is 4.63. The molecule has 100 valence electrons. The van der Waals surface area contributed by atoms with E-state index >= 15 is 0 Å². The van der Waals surface area contributed by atoms with Crippen molar-refractivity contribution in [1.29, 1.82) is 0 Å². The highest BCUT2D eigenvalue weighted by atomic mass is 16.5. The molecule has 0 spiro atoms. The third-order valence-corrected chi connectivity index (χ3v) is 3.01. The predicted molar refractivity (Wildman–Crippen MR) is 72.0 cm³/mol. The molecule has 0 N–H and O–H groups in total. The molecular formula is C15H22O3. The predicted octanol–water partition coefficient (Wildman–Crippen LogP) is 3.45. The molecule has 3 heteroatoms. The third-order valence-electron chi connectivity index (χ3n) is 3.01. The molecule has 0 aromatic heterocycles. The summed E-state index contributed by atoms with van der Waals surface area (Å²) >= 11 is 0. The van der Waals surface area contributed by atoms with Gasteiger partial charge >= 0.3 is 5.97 Å². The van der Waals surface area contributed by atoms with Gasteiger partial charge in [-0.25, -0.2) is 0 Å². The number of aryl methyl sites for hydroxylation is 1. The minimum Gasteiger partial charge on any atom is -0.496 e. The highest BCUT2D eigenvalue weighted by Crippen LogP contribution is 2.30. The van der Waals surface area contributed by atoms with Gasteiger partial charge in [-0.05, 0) is 42.9 Å². The van der Waals surface area contributed by atoms with Crippen LogP contribution >= 0.6 is 0 Å². The van der Waals surface area contributed by atoms with Crippen molar-refractivity contribution in [2.24, 2.45) is 0 Å². The van der Waals surface area contributed by atoms with Gasteiger partial charge in [0.15, 0.2) is 0 Å². The molecule has 0 fully saturated rings. The van der Waals surface area contributed by atoms with Crippen LogP contribution in [0.1, 0.15) is 43.7 Å². The Kier molecular flexibility index (Phi) is 5.69. The SMILES string of the molecule is COc1cc(C)ccc1C(C)CCCOC(C)=O. The minimum atomic E-state index is -0.212. The summed E-state index contributed by atoms with van der Waals surface area (Å²) in [4.78, 5) is 10.7. The van der Waals surface area contributed by atoms with Gasteiger partial charge in [0.05, 0.1) is 13.7 Å². The lowest BCUT2D eigenvalue weighted by Crippen LogP contribution is -2.03. The van der Waals surface area contributed by atoms with Crippen LogP contribution in [0.3, 0.4) is 0 Å². The summed E-state index contributed by atoms with van der Waals surface area (Å²) in [5.41, 5.74) is 2.41. The Morgan fingerprint density at radius 2 is 2.11 bits per heavy atom. The number of esters is 1. The monoisotopic (exact) mass is 250 g/mol. The summed E-state index contributed by atoms with van der Waals surface area (Å²) < 4.78 is 10.3. The van der Waals surface area contributed by atoms with Crippen LogP contribution in [-0.2, 0) is 9.53 Å². The fourth-order valence-corrected chi connectivity index (χ4v) is 1.99. The number of methoxy groups -OCH3 is 1. The van der Waals surface area contributed by atoms with Crippen molar-refractivity contribution in [2.45, 2.75) is 39.5 Å². The van der Waals surface area contributed by atoms with Gasteiger partial charge in [-0.15, -0.1) is 0 Å². The smallest absolute Gasteiger partial charge is 0.302 e. The molecule has 1 aromatic carbocycles. The highest BCUT2D eigenvalue weighted by Gasteiger charge is 2.11. The molecule has 1 atom stereocenters. The Balaban J connectivity index is 2.55. The van der Waals surface area contributed by atoms with Crippen LogP contribution in [0.4, 0.5) is 0 Å². The number of hydrogen-bond donors (Lipinski definition) is 0. The van der Waals surface area contributed by atoms with Crippen molar-refractivity contribution in [3.05, 3.63) is 29.3 Å². The highest BCUT2D eigenvalue weighted by molar-refractivity contribution is 5.65. The van der Waals surface area contributed by atoms with Crippen LogP contribution < -0.4 is 4.74 Å². The van der Waals surface area contributed by atoms with Gasteiger partial charge in [-0.2, -0.15) is 0 Å². The Morgan fingerprint density at radius 1 is 1.39 bits per heavy atom. The number of ether oxygens (including phenoxy) is 2. The van der Waals surface area contributed by atoms with Crippen molar-refractivity contribution < 1.29 is 14.3 Å². The number of carbonyl (C=O) groups is 1. The molecule has 0 saturated carbocycles. The fourth-order valence-electron chi connectivity index (χ4n) is 1.99. The van der Waals surface area contributed by atoms with Gasteiger partial charge in [0, 0.05) is 6.92 Å².